The van der Waals surface area contributed by atoms with Crippen molar-refractivity contribution in [3.05, 3.63) is 54.7 Å². The summed E-state index contributed by atoms with van der Waals surface area (Å²) in [5.74, 6) is -0.996. The number of aromatic nitrogens is 4. The highest BCUT2D eigenvalue weighted by Crippen LogP contribution is 2.37. The van der Waals surface area contributed by atoms with E-state index in [1.165, 1.54) is 11.6 Å². The average Bonchev–Trinajstić information content (AvgIpc) is 3.01. The highest BCUT2D eigenvalue weighted by Gasteiger charge is 2.44. The van der Waals surface area contributed by atoms with Gasteiger partial charge in [0.25, 0.3) is 0 Å². The SMILES string of the molecule is CN(C(=O)C(F)(F)Sc1nnc(-c2ccccn2)n1C)c1ccccc1. The summed E-state index contributed by atoms with van der Waals surface area (Å²) in [4.78, 5) is 17.3. The van der Waals surface area contributed by atoms with Crippen LogP contribution in [0.2, 0.25) is 0 Å². The van der Waals surface area contributed by atoms with Crippen LogP contribution in [0.4, 0.5) is 14.5 Å². The van der Waals surface area contributed by atoms with Crippen LogP contribution in [0.1, 0.15) is 0 Å². The molecule has 0 unspecified atom stereocenters. The molecule has 9 heteroatoms. The van der Waals surface area contributed by atoms with Gasteiger partial charge in [0.05, 0.1) is 0 Å². The molecule has 0 bridgehead atoms. The molecular formula is C17H15F2N5OS. The topological polar surface area (TPSA) is 63.9 Å². The molecule has 0 atom stereocenters. The Bertz CT molecular complexity index is 902. The number of carbonyl (C=O) groups is 1. The lowest BCUT2D eigenvalue weighted by atomic mass is 10.3. The zero-order chi connectivity index (χ0) is 18.7. The Morgan fingerprint density at radius 1 is 1.12 bits per heavy atom. The van der Waals surface area contributed by atoms with Gasteiger partial charge in [0.1, 0.15) is 5.69 Å². The largest absolute Gasteiger partial charge is 0.378 e. The van der Waals surface area contributed by atoms with Crippen molar-refractivity contribution >= 4 is 23.4 Å². The first kappa shape index (κ1) is 18.0. The molecule has 3 aromatic rings. The maximum atomic E-state index is 14.5. The zero-order valence-electron chi connectivity index (χ0n) is 14.0. The third kappa shape index (κ3) is 3.57. The quantitative estimate of drug-likeness (QED) is 0.641. The van der Waals surface area contributed by atoms with Crippen LogP contribution >= 0.6 is 11.8 Å². The Balaban J connectivity index is 1.81. The Morgan fingerprint density at radius 2 is 1.81 bits per heavy atom. The fourth-order valence-corrected chi connectivity index (χ4v) is 3.00. The van der Waals surface area contributed by atoms with Crippen molar-refractivity contribution in [2.75, 3.05) is 11.9 Å². The van der Waals surface area contributed by atoms with E-state index in [9.17, 15) is 13.6 Å². The van der Waals surface area contributed by atoms with Crippen LogP contribution in [-0.4, -0.2) is 38.0 Å². The van der Waals surface area contributed by atoms with Crippen LogP contribution < -0.4 is 4.90 Å². The number of carbonyl (C=O) groups excluding carboxylic acids is 1. The Kier molecular flexibility index (Phi) is 4.99. The van der Waals surface area contributed by atoms with Crippen molar-refractivity contribution in [3.63, 3.8) is 0 Å². The fourth-order valence-electron chi connectivity index (χ4n) is 2.24. The van der Waals surface area contributed by atoms with Crippen molar-refractivity contribution in [2.45, 2.75) is 10.4 Å². The number of hydrogen-bond acceptors (Lipinski definition) is 5. The number of benzene rings is 1. The number of anilines is 1. The Hall–Kier alpha value is -2.81. The molecule has 0 fully saturated rings. The molecule has 3 rings (SSSR count). The van der Waals surface area contributed by atoms with Gasteiger partial charge in [0.15, 0.2) is 11.0 Å². The second-order valence-electron chi connectivity index (χ2n) is 5.40. The highest BCUT2D eigenvalue weighted by atomic mass is 32.2. The van der Waals surface area contributed by atoms with E-state index in [2.05, 4.69) is 15.2 Å². The molecule has 6 nitrogen and oxygen atoms in total. The van der Waals surface area contributed by atoms with E-state index in [0.717, 1.165) is 4.90 Å². The van der Waals surface area contributed by atoms with Crippen LogP contribution in [0.15, 0.2) is 59.9 Å². The normalized spacial score (nSPS) is 11.4. The molecule has 134 valence electrons. The summed E-state index contributed by atoms with van der Waals surface area (Å²) < 4.78 is 30.4. The van der Waals surface area contributed by atoms with Crippen molar-refractivity contribution < 1.29 is 13.6 Å². The number of nitrogens with zero attached hydrogens (tertiary/aromatic N) is 5. The predicted molar refractivity (Wildman–Crippen MR) is 94.9 cm³/mol. The number of pyridine rings is 1. The fraction of sp³-hybridized carbons (Fsp3) is 0.176. The van der Waals surface area contributed by atoms with Crippen LogP contribution in [0.5, 0.6) is 0 Å². The average molecular weight is 375 g/mol. The van der Waals surface area contributed by atoms with Crippen molar-refractivity contribution in [1.82, 2.24) is 19.7 Å². The number of hydrogen-bond donors (Lipinski definition) is 0. The van der Waals surface area contributed by atoms with Gasteiger partial charge in [-0.15, -0.1) is 10.2 Å². The molecule has 2 heterocycles. The van der Waals surface area contributed by atoms with Gasteiger partial charge in [0.2, 0.25) is 0 Å². The van der Waals surface area contributed by atoms with Crippen LogP contribution in [0, 0.1) is 0 Å². The number of thioether (sulfide) groups is 1. The summed E-state index contributed by atoms with van der Waals surface area (Å²) in [6.07, 6.45) is 1.57. The van der Waals surface area contributed by atoms with E-state index in [-0.39, 0.29) is 16.9 Å². The maximum absolute atomic E-state index is 14.5. The second-order valence-corrected chi connectivity index (χ2v) is 6.48. The second kappa shape index (κ2) is 7.20. The van der Waals surface area contributed by atoms with Gasteiger partial charge in [-0.3, -0.25) is 9.78 Å². The molecule has 0 aliphatic carbocycles. The van der Waals surface area contributed by atoms with Crippen molar-refractivity contribution in [2.24, 2.45) is 7.05 Å². The molecule has 26 heavy (non-hydrogen) atoms. The smallest absolute Gasteiger partial charge is 0.309 e. The molecule has 0 N–H and O–H groups in total. The minimum Gasteiger partial charge on any atom is -0.309 e. The lowest BCUT2D eigenvalue weighted by Crippen LogP contribution is -2.39. The highest BCUT2D eigenvalue weighted by molar-refractivity contribution is 8.00. The van der Waals surface area contributed by atoms with E-state index in [0.29, 0.717) is 17.2 Å². The van der Waals surface area contributed by atoms with E-state index in [1.54, 1.807) is 61.8 Å². The number of rotatable bonds is 5. The molecule has 0 aliphatic heterocycles. The Labute approximate surface area is 152 Å². The monoisotopic (exact) mass is 375 g/mol. The van der Waals surface area contributed by atoms with Gasteiger partial charge in [-0.2, -0.15) is 8.78 Å². The maximum Gasteiger partial charge on any atom is 0.378 e. The van der Waals surface area contributed by atoms with Crippen LogP contribution in [-0.2, 0) is 11.8 Å². The summed E-state index contributed by atoms with van der Waals surface area (Å²) in [6, 6.07) is 13.5. The first-order valence-electron chi connectivity index (χ1n) is 7.61. The first-order chi connectivity index (χ1) is 12.4. The van der Waals surface area contributed by atoms with Gasteiger partial charge in [0, 0.05) is 26.0 Å². The minimum atomic E-state index is -3.70. The van der Waals surface area contributed by atoms with E-state index in [4.69, 9.17) is 0 Å². The molecule has 0 saturated carbocycles. The van der Waals surface area contributed by atoms with E-state index in [1.807, 2.05) is 0 Å². The number of halogens is 2. The summed E-state index contributed by atoms with van der Waals surface area (Å²) >= 11 is 0.0561. The Morgan fingerprint density at radius 3 is 2.46 bits per heavy atom. The molecule has 2 aromatic heterocycles. The summed E-state index contributed by atoms with van der Waals surface area (Å²) in [7, 11) is 2.86. The first-order valence-corrected chi connectivity index (χ1v) is 8.42. The predicted octanol–water partition coefficient (Wildman–Crippen LogP) is 3.23. The van der Waals surface area contributed by atoms with Crippen LogP contribution in [0.3, 0.4) is 0 Å². The number of para-hydroxylation sites is 1. The third-order valence-corrected chi connectivity index (χ3v) is 4.61. The van der Waals surface area contributed by atoms with Gasteiger partial charge >= 0.3 is 11.2 Å². The minimum absolute atomic E-state index is 0.0561. The zero-order valence-corrected chi connectivity index (χ0v) is 14.8. The van der Waals surface area contributed by atoms with Gasteiger partial charge < -0.3 is 9.47 Å². The van der Waals surface area contributed by atoms with E-state index >= 15 is 0 Å². The van der Waals surface area contributed by atoms with E-state index < -0.39 is 11.2 Å². The molecular weight excluding hydrogens is 360 g/mol. The third-order valence-electron chi connectivity index (χ3n) is 3.65. The number of alkyl halides is 2. The van der Waals surface area contributed by atoms with Crippen LogP contribution in [0.25, 0.3) is 11.5 Å². The summed E-state index contributed by atoms with van der Waals surface area (Å²) in [5, 5.41) is 3.90. The lowest BCUT2D eigenvalue weighted by molar-refractivity contribution is -0.131. The molecule has 0 radical (unpaired) electrons. The molecule has 0 spiro atoms. The van der Waals surface area contributed by atoms with Gasteiger partial charge in [-0.25, -0.2) is 0 Å². The summed E-state index contributed by atoms with van der Waals surface area (Å²) in [6.45, 7) is 0. The van der Waals surface area contributed by atoms with Crippen molar-refractivity contribution in [1.29, 1.82) is 0 Å². The van der Waals surface area contributed by atoms with Gasteiger partial charge in [-0.05, 0) is 36.0 Å². The standard InChI is InChI=1S/C17H15F2N5OS/c1-23(12-8-4-3-5-9-12)15(25)17(18,19)26-16-22-21-14(24(16)2)13-10-6-7-11-20-13/h3-11H,1-2H3. The summed E-state index contributed by atoms with van der Waals surface area (Å²) in [5.41, 5.74) is 0.885. The van der Waals surface area contributed by atoms with Gasteiger partial charge in [-0.1, -0.05) is 24.3 Å². The molecule has 1 aromatic carbocycles. The lowest BCUT2D eigenvalue weighted by Gasteiger charge is -2.22. The molecule has 0 saturated heterocycles. The molecule has 0 aliphatic rings. The number of amides is 1. The van der Waals surface area contributed by atoms with Crippen molar-refractivity contribution in [3.8, 4) is 11.5 Å². The molecule has 1 amide bonds.